The van der Waals surface area contributed by atoms with Gasteiger partial charge in [0.25, 0.3) is 5.56 Å². The quantitative estimate of drug-likeness (QED) is 0.305. The Hall–Kier alpha value is -4.50. The van der Waals surface area contributed by atoms with Crippen molar-refractivity contribution in [3.63, 3.8) is 0 Å². The van der Waals surface area contributed by atoms with Crippen LogP contribution in [0.2, 0.25) is 0 Å². The third-order valence-corrected chi connectivity index (χ3v) is 7.81. The number of nitrogens with zero attached hydrogens (tertiary/aromatic N) is 6. The molecule has 210 valence electrons. The molecule has 2 aromatic heterocycles. The topological polar surface area (TPSA) is 92.2 Å². The van der Waals surface area contributed by atoms with E-state index in [9.17, 15) is 4.79 Å². The number of nitrogens with one attached hydrogen (secondary N) is 1. The van der Waals surface area contributed by atoms with Crippen LogP contribution < -0.4 is 15.2 Å². The third kappa shape index (κ3) is 5.58. The van der Waals surface area contributed by atoms with Gasteiger partial charge in [-0.1, -0.05) is 42.5 Å². The molecule has 1 fully saturated rings. The molecule has 5 aromatic rings. The second-order valence-corrected chi connectivity index (χ2v) is 10.6. The Bertz CT molecular complexity index is 1700. The number of hydrogen-bond donors (Lipinski definition) is 1. The summed E-state index contributed by atoms with van der Waals surface area (Å²) in [7, 11) is 0. The van der Waals surface area contributed by atoms with Crippen LogP contribution in [0, 0.1) is 13.8 Å². The fourth-order valence-electron chi connectivity index (χ4n) is 5.72. The highest BCUT2D eigenvalue weighted by molar-refractivity contribution is 5.80. The molecule has 0 unspecified atom stereocenters. The standard InChI is InChI=1S/C32H35N7O2/c1-4-41-26-12-13-28-25(19-26)20-27(32(40)33-28)30(31-34-35-36-39(31)21-24-8-6-5-7-9-24)38-16-14-37(15-17-38)29-18-22(2)10-11-23(29)3/h5-13,18-20,30H,4,14-17,21H2,1-3H3,(H,33,40)/t30-/m1/s1. The van der Waals surface area contributed by atoms with Crippen LogP contribution in [0.3, 0.4) is 0 Å². The van der Waals surface area contributed by atoms with Crippen molar-refractivity contribution in [3.8, 4) is 5.75 Å². The molecular formula is C32H35N7O2. The van der Waals surface area contributed by atoms with Crippen molar-refractivity contribution < 1.29 is 4.74 Å². The molecule has 3 aromatic carbocycles. The van der Waals surface area contributed by atoms with Crippen LogP contribution in [0.15, 0.2) is 77.6 Å². The van der Waals surface area contributed by atoms with Gasteiger partial charge in [-0.15, -0.1) is 5.10 Å². The Morgan fingerprint density at radius 1 is 0.951 bits per heavy atom. The van der Waals surface area contributed by atoms with Crippen molar-refractivity contribution in [2.24, 2.45) is 0 Å². The molecule has 0 radical (unpaired) electrons. The minimum atomic E-state index is -0.418. The Morgan fingerprint density at radius 2 is 1.76 bits per heavy atom. The predicted molar refractivity (Wildman–Crippen MR) is 161 cm³/mol. The number of aromatic amines is 1. The molecule has 9 heteroatoms. The number of rotatable bonds is 8. The molecule has 0 spiro atoms. The Morgan fingerprint density at radius 3 is 2.54 bits per heavy atom. The summed E-state index contributed by atoms with van der Waals surface area (Å²) in [5.74, 6) is 1.42. The molecule has 1 atom stereocenters. The van der Waals surface area contributed by atoms with E-state index in [0.717, 1.165) is 48.4 Å². The highest BCUT2D eigenvalue weighted by Crippen LogP contribution is 2.31. The number of piperazine rings is 1. The molecule has 3 heterocycles. The zero-order valence-electron chi connectivity index (χ0n) is 23.7. The maximum atomic E-state index is 13.7. The monoisotopic (exact) mass is 549 g/mol. The first kappa shape index (κ1) is 26.7. The molecule has 0 amide bonds. The normalized spacial score (nSPS) is 14.9. The van der Waals surface area contributed by atoms with Crippen LogP contribution in [-0.4, -0.2) is 62.9 Å². The number of fused-ring (bicyclic) bond motifs is 1. The van der Waals surface area contributed by atoms with Crippen LogP contribution in [-0.2, 0) is 6.54 Å². The number of tetrazole rings is 1. The van der Waals surface area contributed by atoms with E-state index < -0.39 is 6.04 Å². The minimum absolute atomic E-state index is 0.141. The summed E-state index contributed by atoms with van der Waals surface area (Å²) in [6, 6.07) is 24.0. The highest BCUT2D eigenvalue weighted by atomic mass is 16.5. The average molecular weight is 550 g/mol. The van der Waals surface area contributed by atoms with Crippen molar-refractivity contribution in [2.75, 3.05) is 37.7 Å². The van der Waals surface area contributed by atoms with E-state index in [1.165, 1.54) is 16.8 Å². The molecule has 1 aliphatic heterocycles. The van der Waals surface area contributed by atoms with Crippen LogP contribution >= 0.6 is 0 Å². The lowest BCUT2D eigenvalue weighted by atomic mass is 10.0. The fraction of sp³-hybridized carbons (Fsp3) is 0.312. The summed E-state index contributed by atoms with van der Waals surface area (Å²) in [5, 5.41) is 13.8. The molecule has 6 rings (SSSR count). The predicted octanol–water partition coefficient (Wildman–Crippen LogP) is 4.49. The molecule has 0 saturated carbocycles. The number of ether oxygens (including phenoxy) is 1. The lowest BCUT2D eigenvalue weighted by molar-refractivity contribution is 0.200. The number of pyridine rings is 1. The maximum Gasteiger partial charge on any atom is 0.253 e. The molecule has 41 heavy (non-hydrogen) atoms. The fourth-order valence-corrected chi connectivity index (χ4v) is 5.72. The second kappa shape index (κ2) is 11.5. The van der Waals surface area contributed by atoms with Crippen molar-refractivity contribution >= 4 is 16.6 Å². The number of H-pyrrole nitrogens is 1. The lowest BCUT2D eigenvalue weighted by Crippen LogP contribution is -2.49. The summed E-state index contributed by atoms with van der Waals surface area (Å²) in [4.78, 5) is 21.5. The van der Waals surface area contributed by atoms with E-state index in [1.807, 2.05) is 54.1 Å². The van der Waals surface area contributed by atoms with Gasteiger partial charge in [0.05, 0.1) is 13.2 Å². The summed E-state index contributed by atoms with van der Waals surface area (Å²) >= 11 is 0. The van der Waals surface area contributed by atoms with Crippen LogP contribution in [0.1, 0.15) is 41.0 Å². The molecule has 1 aliphatic rings. The van der Waals surface area contributed by atoms with E-state index >= 15 is 0 Å². The lowest BCUT2D eigenvalue weighted by Gasteiger charge is -2.40. The van der Waals surface area contributed by atoms with Crippen molar-refractivity contribution in [1.29, 1.82) is 0 Å². The zero-order chi connectivity index (χ0) is 28.3. The largest absolute Gasteiger partial charge is 0.494 e. The van der Waals surface area contributed by atoms with Gasteiger partial charge in [0.1, 0.15) is 11.8 Å². The van der Waals surface area contributed by atoms with Gasteiger partial charge in [-0.25, -0.2) is 4.68 Å². The van der Waals surface area contributed by atoms with Crippen molar-refractivity contribution in [2.45, 2.75) is 33.4 Å². The summed E-state index contributed by atoms with van der Waals surface area (Å²) in [6.45, 7) is 10.5. The summed E-state index contributed by atoms with van der Waals surface area (Å²) in [6.07, 6.45) is 0. The molecule has 0 bridgehead atoms. The maximum absolute atomic E-state index is 13.7. The second-order valence-electron chi connectivity index (χ2n) is 10.6. The van der Waals surface area contributed by atoms with Crippen molar-refractivity contribution in [3.05, 3.63) is 111 Å². The third-order valence-electron chi connectivity index (χ3n) is 7.81. The van der Waals surface area contributed by atoms with Crippen LogP contribution in [0.4, 0.5) is 5.69 Å². The first-order valence-corrected chi connectivity index (χ1v) is 14.2. The van der Waals surface area contributed by atoms with E-state index in [2.05, 4.69) is 74.5 Å². The summed E-state index contributed by atoms with van der Waals surface area (Å²) in [5.41, 5.74) is 6.12. The van der Waals surface area contributed by atoms with Gasteiger partial charge >= 0.3 is 0 Å². The van der Waals surface area contributed by atoms with Gasteiger partial charge in [0.2, 0.25) is 0 Å². The van der Waals surface area contributed by atoms with Crippen LogP contribution in [0.25, 0.3) is 10.9 Å². The van der Waals surface area contributed by atoms with Crippen molar-refractivity contribution in [1.82, 2.24) is 30.1 Å². The van der Waals surface area contributed by atoms with Crippen LogP contribution in [0.5, 0.6) is 5.75 Å². The number of hydrogen-bond acceptors (Lipinski definition) is 7. The Labute approximate surface area is 239 Å². The van der Waals surface area contributed by atoms with Gasteiger partial charge in [-0.3, -0.25) is 9.69 Å². The van der Waals surface area contributed by atoms with E-state index in [4.69, 9.17) is 4.74 Å². The van der Waals surface area contributed by atoms with Gasteiger partial charge < -0.3 is 14.6 Å². The van der Waals surface area contributed by atoms with Gasteiger partial charge in [-0.2, -0.15) is 0 Å². The van der Waals surface area contributed by atoms with E-state index in [0.29, 0.717) is 24.5 Å². The molecule has 0 aliphatic carbocycles. The first-order valence-electron chi connectivity index (χ1n) is 14.2. The van der Waals surface area contributed by atoms with Gasteiger partial charge in [0.15, 0.2) is 5.82 Å². The molecule has 1 N–H and O–H groups in total. The Kier molecular flexibility index (Phi) is 7.52. The summed E-state index contributed by atoms with van der Waals surface area (Å²) < 4.78 is 7.56. The van der Waals surface area contributed by atoms with E-state index in [-0.39, 0.29) is 5.56 Å². The number of aromatic nitrogens is 5. The number of aryl methyl sites for hydroxylation is 2. The first-order chi connectivity index (χ1) is 20.0. The average Bonchev–Trinajstić information content (AvgIpc) is 3.43. The highest BCUT2D eigenvalue weighted by Gasteiger charge is 2.33. The SMILES string of the molecule is CCOc1ccc2[nH]c(=O)c([C@H](c3nnnn3Cc3ccccc3)N3CCN(c4cc(C)ccc4C)CC3)cc2c1. The Balaban J connectivity index is 1.39. The zero-order valence-corrected chi connectivity index (χ0v) is 23.7. The molecular weight excluding hydrogens is 514 g/mol. The smallest absolute Gasteiger partial charge is 0.253 e. The number of anilines is 1. The van der Waals surface area contributed by atoms with Gasteiger partial charge in [-0.05, 0) is 78.2 Å². The van der Waals surface area contributed by atoms with Gasteiger partial charge in [0, 0.05) is 48.3 Å². The molecule has 1 saturated heterocycles. The molecule has 9 nitrogen and oxygen atoms in total. The minimum Gasteiger partial charge on any atom is -0.494 e. The number of benzene rings is 3. The van der Waals surface area contributed by atoms with E-state index in [1.54, 1.807) is 0 Å².